The molecule has 0 aliphatic carbocycles. The molecule has 0 bridgehead atoms. The second-order valence-corrected chi connectivity index (χ2v) is 4.74. The number of rotatable bonds is 2. The highest BCUT2D eigenvalue weighted by molar-refractivity contribution is 5.87. The number of carbonyl (C=O) groups excluding carboxylic acids is 1. The van der Waals surface area contributed by atoms with Crippen molar-refractivity contribution in [3.8, 4) is 0 Å². The van der Waals surface area contributed by atoms with Gasteiger partial charge in [-0.25, -0.2) is 4.79 Å². The summed E-state index contributed by atoms with van der Waals surface area (Å²) in [5.74, 6) is -0.345. The van der Waals surface area contributed by atoms with Crippen LogP contribution in [0.25, 0.3) is 0 Å². The summed E-state index contributed by atoms with van der Waals surface area (Å²) in [4.78, 5) is 11.3. The van der Waals surface area contributed by atoms with Crippen LogP contribution in [-0.4, -0.2) is 34.4 Å². The first kappa shape index (κ1) is 20.4. The predicted molar refractivity (Wildman–Crippen MR) is 79.2 cm³/mol. The lowest BCUT2D eigenvalue weighted by Gasteiger charge is -2.41. The van der Waals surface area contributed by atoms with Gasteiger partial charge in [0.25, 0.3) is 0 Å². The van der Waals surface area contributed by atoms with E-state index in [-0.39, 0.29) is 17.6 Å². The number of carbonyl (C=O) groups is 1. The minimum Gasteiger partial charge on any atom is -0.459 e. The van der Waals surface area contributed by atoms with Gasteiger partial charge in [0.2, 0.25) is 0 Å². The van der Waals surface area contributed by atoms with E-state index in [1.165, 1.54) is 5.06 Å². The first-order valence-electron chi connectivity index (χ1n) is 7.16. The van der Waals surface area contributed by atoms with E-state index in [4.69, 9.17) is 4.74 Å². The van der Waals surface area contributed by atoms with E-state index in [0.717, 1.165) is 0 Å². The number of nitrogens with zero attached hydrogens (tertiary/aromatic N) is 1. The second kappa shape index (κ2) is 9.98. The third-order valence-corrected chi connectivity index (χ3v) is 2.71. The zero-order valence-electron chi connectivity index (χ0n) is 13.6. The zero-order valence-corrected chi connectivity index (χ0v) is 13.6. The van der Waals surface area contributed by atoms with Crippen molar-refractivity contribution in [1.82, 2.24) is 5.06 Å². The fraction of sp³-hybridized carbons (Fsp3) is 0.800. The lowest BCUT2D eigenvalue weighted by molar-refractivity contribution is -0.201. The Morgan fingerprint density at radius 2 is 1.79 bits per heavy atom. The maximum absolute atomic E-state index is 11.3. The first-order valence-corrected chi connectivity index (χ1v) is 7.16. The molecule has 1 N–H and O–H groups in total. The van der Waals surface area contributed by atoms with Gasteiger partial charge < -0.3 is 9.94 Å². The standard InChI is InChI=1S/C11H19NO3.2C2H6/c1-8(2)10(13)15-9-5-6-12(14)11(3,4)7-9;2*1-2/h9,14H,1,5-7H2,2-4H3;2*1-2H3. The molecule has 0 aromatic heterocycles. The second-order valence-electron chi connectivity index (χ2n) is 4.74. The lowest BCUT2D eigenvalue weighted by atomic mass is 9.90. The molecule has 4 heteroatoms. The van der Waals surface area contributed by atoms with E-state index in [2.05, 4.69) is 6.58 Å². The molecule has 0 aromatic carbocycles. The van der Waals surface area contributed by atoms with Gasteiger partial charge in [-0.05, 0) is 27.2 Å². The van der Waals surface area contributed by atoms with Crippen LogP contribution in [0.5, 0.6) is 0 Å². The summed E-state index contributed by atoms with van der Waals surface area (Å²) in [5.41, 5.74) is 0.0809. The molecule has 0 radical (unpaired) electrons. The van der Waals surface area contributed by atoms with E-state index < -0.39 is 0 Å². The molecule has 0 spiro atoms. The summed E-state index contributed by atoms with van der Waals surface area (Å²) >= 11 is 0. The SMILES string of the molecule is C=C(C)C(=O)OC1CCN(O)C(C)(C)C1.CC.CC. The predicted octanol–water partition coefficient (Wildman–Crippen LogP) is 3.79. The number of esters is 1. The van der Waals surface area contributed by atoms with E-state index in [9.17, 15) is 10.0 Å². The van der Waals surface area contributed by atoms with Gasteiger partial charge in [-0.2, -0.15) is 5.06 Å². The number of ether oxygens (including phenoxy) is 1. The molecule has 1 fully saturated rings. The molecule has 0 amide bonds. The molecule has 1 unspecified atom stereocenters. The molecule has 19 heavy (non-hydrogen) atoms. The summed E-state index contributed by atoms with van der Waals surface area (Å²) in [6.45, 7) is 17.5. The summed E-state index contributed by atoms with van der Waals surface area (Å²) in [6, 6.07) is 0. The maximum atomic E-state index is 11.3. The minimum atomic E-state index is -0.345. The largest absolute Gasteiger partial charge is 0.459 e. The fourth-order valence-electron chi connectivity index (χ4n) is 1.69. The highest BCUT2D eigenvalue weighted by Gasteiger charge is 2.35. The van der Waals surface area contributed by atoms with Crippen LogP contribution >= 0.6 is 0 Å². The van der Waals surface area contributed by atoms with E-state index in [1.807, 2.05) is 41.5 Å². The Balaban J connectivity index is 0. The topological polar surface area (TPSA) is 49.8 Å². The lowest BCUT2D eigenvalue weighted by Crippen LogP contribution is -2.50. The highest BCUT2D eigenvalue weighted by Crippen LogP contribution is 2.27. The van der Waals surface area contributed by atoms with Crippen molar-refractivity contribution in [3.63, 3.8) is 0 Å². The normalized spacial score (nSPS) is 21.2. The Labute approximate surface area is 118 Å². The molecule has 1 heterocycles. The fourth-order valence-corrected chi connectivity index (χ4v) is 1.69. The molecule has 1 rings (SSSR count). The molecule has 0 aromatic rings. The van der Waals surface area contributed by atoms with Crippen molar-refractivity contribution >= 4 is 5.97 Å². The number of piperidine rings is 1. The number of hydrogen-bond donors (Lipinski definition) is 1. The summed E-state index contributed by atoms with van der Waals surface area (Å²) in [5, 5.41) is 10.9. The molecular weight excluding hydrogens is 242 g/mol. The van der Waals surface area contributed by atoms with Crippen molar-refractivity contribution in [3.05, 3.63) is 12.2 Å². The van der Waals surface area contributed by atoms with Crippen molar-refractivity contribution in [2.75, 3.05) is 6.54 Å². The molecule has 1 aliphatic heterocycles. The van der Waals surface area contributed by atoms with Gasteiger partial charge >= 0.3 is 5.97 Å². The summed E-state index contributed by atoms with van der Waals surface area (Å²) in [6.07, 6.45) is 1.19. The Morgan fingerprint density at radius 1 is 1.32 bits per heavy atom. The Bertz CT molecular complexity index is 275. The Hall–Kier alpha value is -0.870. The van der Waals surface area contributed by atoms with Crippen LogP contribution in [0.3, 0.4) is 0 Å². The Morgan fingerprint density at radius 3 is 2.16 bits per heavy atom. The van der Waals surface area contributed by atoms with Crippen LogP contribution in [0.1, 0.15) is 61.3 Å². The summed E-state index contributed by atoms with van der Waals surface area (Å²) < 4.78 is 5.26. The zero-order chi connectivity index (χ0) is 15.6. The molecule has 1 aliphatic rings. The van der Waals surface area contributed by atoms with Crippen molar-refractivity contribution < 1.29 is 14.7 Å². The van der Waals surface area contributed by atoms with Crippen LogP contribution < -0.4 is 0 Å². The number of hydrogen-bond acceptors (Lipinski definition) is 4. The van der Waals surface area contributed by atoms with E-state index >= 15 is 0 Å². The minimum absolute atomic E-state index is 0.118. The first-order chi connectivity index (χ1) is 8.83. The van der Waals surface area contributed by atoms with Crippen LogP contribution in [0.15, 0.2) is 12.2 Å². The monoisotopic (exact) mass is 273 g/mol. The third-order valence-electron chi connectivity index (χ3n) is 2.71. The van der Waals surface area contributed by atoms with Gasteiger partial charge in [0.1, 0.15) is 6.10 Å². The molecule has 1 saturated heterocycles. The van der Waals surface area contributed by atoms with Gasteiger partial charge in [0.15, 0.2) is 0 Å². The van der Waals surface area contributed by atoms with E-state index in [0.29, 0.717) is 25.0 Å². The quantitative estimate of drug-likeness (QED) is 0.614. The Kier molecular flexibility index (Phi) is 10.7. The van der Waals surface area contributed by atoms with Crippen LogP contribution in [0.2, 0.25) is 0 Å². The smallest absolute Gasteiger partial charge is 0.333 e. The average molecular weight is 273 g/mol. The molecular formula is C15H31NO3. The van der Waals surface area contributed by atoms with Gasteiger partial charge in [-0.3, -0.25) is 0 Å². The summed E-state index contributed by atoms with van der Waals surface area (Å²) in [7, 11) is 0. The van der Waals surface area contributed by atoms with Crippen LogP contribution in [-0.2, 0) is 9.53 Å². The highest BCUT2D eigenvalue weighted by atomic mass is 16.5. The molecule has 0 saturated carbocycles. The van der Waals surface area contributed by atoms with Gasteiger partial charge in [0.05, 0.1) is 0 Å². The molecule has 114 valence electrons. The third kappa shape index (κ3) is 7.33. The van der Waals surface area contributed by atoms with Crippen LogP contribution in [0.4, 0.5) is 0 Å². The maximum Gasteiger partial charge on any atom is 0.333 e. The molecule has 4 nitrogen and oxygen atoms in total. The van der Waals surface area contributed by atoms with Crippen LogP contribution in [0, 0.1) is 0 Å². The van der Waals surface area contributed by atoms with Gasteiger partial charge in [-0.15, -0.1) is 0 Å². The molecule has 1 atom stereocenters. The van der Waals surface area contributed by atoms with Crippen molar-refractivity contribution in [2.45, 2.75) is 73.0 Å². The number of hydroxylamine groups is 2. The average Bonchev–Trinajstić information content (AvgIpc) is 2.38. The van der Waals surface area contributed by atoms with E-state index in [1.54, 1.807) is 6.92 Å². The van der Waals surface area contributed by atoms with Crippen molar-refractivity contribution in [1.29, 1.82) is 0 Å². The van der Waals surface area contributed by atoms with Gasteiger partial charge in [-0.1, -0.05) is 34.3 Å². The van der Waals surface area contributed by atoms with Gasteiger partial charge in [0, 0.05) is 24.1 Å². The van der Waals surface area contributed by atoms with Crippen molar-refractivity contribution in [2.24, 2.45) is 0 Å².